The highest BCUT2D eigenvalue weighted by Crippen LogP contribution is 2.24. The van der Waals surface area contributed by atoms with Crippen LogP contribution in [0.5, 0.6) is 0 Å². The van der Waals surface area contributed by atoms with Crippen molar-refractivity contribution in [3.63, 3.8) is 0 Å². The first-order valence-electron chi connectivity index (χ1n) is 7.26. The highest BCUT2D eigenvalue weighted by molar-refractivity contribution is 7.98. The molecule has 24 heavy (non-hydrogen) atoms. The Labute approximate surface area is 139 Å². The number of imidazole rings is 1. The minimum absolute atomic E-state index is 0.311. The van der Waals surface area contributed by atoms with Gasteiger partial charge < -0.3 is 0 Å². The highest BCUT2D eigenvalue weighted by atomic mass is 32.2. The maximum Gasteiger partial charge on any atom is 0.330 e. The second kappa shape index (κ2) is 5.38. The Morgan fingerprint density at radius 3 is 2.79 bits per heavy atom. The lowest BCUT2D eigenvalue weighted by atomic mass is 10.3. The van der Waals surface area contributed by atoms with E-state index in [1.165, 1.54) is 29.4 Å². The summed E-state index contributed by atoms with van der Waals surface area (Å²) in [5.41, 5.74) is 1.84. The van der Waals surface area contributed by atoms with Crippen molar-refractivity contribution in [1.82, 2.24) is 28.7 Å². The number of nitrogens with zero attached hydrogens (tertiary/aromatic N) is 5. The van der Waals surface area contributed by atoms with Crippen LogP contribution in [0.15, 0.2) is 45.1 Å². The third-order valence-electron chi connectivity index (χ3n) is 3.98. The van der Waals surface area contributed by atoms with Gasteiger partial charge in [0.2, 0.25) is 5.78 Å². The van der Waals surface area contributed by atoms with Crippen molar-refractivity contribution in [3.8, 4) is 0 Å². The molecule has 4 rings (SSSR count). The average molecular weight is 342 g/mol. The first kappa shape index (κ1) is 14.8. The molecule has 122 valence electrons. The van der Waals surface area contributed by atoms with Crippen molar-refractivity contribution >= 4 is 28.6 Å². The molecule has 8 nitrogen and oxygen atoms in total. The minimum Gasteiger partial charge on any atom is -0.300 e. The van der Waals surface area contributed by atoms with Crippen molar-refractivity contribution in [2.75, 3.05) is 0 Å². The third-order valence-corrected chi connectivity index (χ3v) is 4.95. The summed E-state index contributed by atoms with van der Waals surface area (Å²) in [7, 11) is 3.13. The molecular weight excluding hydrogens is 328 g/mol. The van der Waals surface area contributed by atoms with Crippen LogP contribution in [0.25, 0.3) is 16.8 Å². The van der Waals surface area contributed by atoms with E-state index >= 15 is 0 Å². The molecule has 0 radical (unpaired) electrons. The van der Waals surface area contributed by atoms with Crippen molar-refractivity contribution in [1.29, 1.82) is 0 Å². The summed E-state index contributed by atoms with van der Waals surface area (Å²) in [5, 5.41) is 7.92. The number of thioether (sulfide) groups is 1. The number of rotatable bonds is 3. The first-order chi connectivity index (χ1) is 11.6. The Bertz CT molecular complexity index is 1180. The topological polar surface area (TPSA) is 90.0 Å². The maximum atomic E-state index is 12.0. The van der Waals surface area contributed by atoms with Crippen LogP contribution in [0.2, 0.25) is 0 Å². The quantitative estimate of drug-likeness (QED) is 0.559. The van der Waals surface area contributed by atoms with Crippen LogP contribution in [0.4, 0.5) is 0 Å². The van der Waals surface area contributed by atoms with E-state index in [2.05, 4.69) is 15.2 Å². The highest BCUT2D eigenvalue weighted by Gasteiger charge is 2.13. The monoisotopic (exact) mass is 342 g/mol. The van der Waals surface area contributed by atoms with Gasteiger partial charge in [-0.1, -0.05) is 23.9 Å². The van der Waals surface area contributed by atoms with Crippen LogP contribution in [-0.2, 0) is 19.8 Å². The Hall–Kier alpha value is -2.81. The SMILES string of the molecule is Cn1c(CSc2n[nH]c3nc4ccccc4n23)cc(=O)n(C)c1=O. The number of hydrogen-bond acceptors (Lipinski definition) is 5. The Morgan fingerprint density at radius 2 is 1.96 bits per heavy atom. The summed E-state index contributed by atoms with van der Waals surface area (Å²) < 4.78 is 4.49. The van der Waals surface area contributed by atoms with Gasteiger partial charge in [0.25, 0.3) is 5.56 Å². The lowest BCUT2D eigenvalue weighted by Gasteiger charge is -2.08. The predicted molar refractivity (Wildman–Crippen MR) is 91.3 cm³/mol. The largest absolute Gasteiger partial charge is 0.330 e. The van der Waals surface area contributed by atoms with Crippen molar-refractivity contribution in [2.24, 2.45) is 14.1 Å². The molecule has 0 aliphatic rings. The molecule has 1 N–H and O–H groups in total. The molecule has 0 bridgehead atoms. The van der Waals surface area contributed by atoms with Gasteiger partial charge in [-0.2, -0.15) is 0 Å². The van der Waals surface area contributed by atoms with E-state index in [0.717, 1.165) is 20.8 Å². The van der Waals surface area contributed by atoms with E-state index in [9.17, 15) is 9.59 Å². The fraction of sp³-hybridized carbons (Fsp3) is 0.200. The van der Waals surface area contributed by atoms with Crippen LogP contribution < -0.4 is 11.2 Å². The van der Waals surface area contributed by atoms with Crippen LogP contribution >= 0.6 is 11.8 Å². The maximum absolute atomic E-state index is 12.0. The van der Waals surface area contributed by atoms with Gasteiger partial charge in [0.1, 0.15) is 0 Å². The molecule has 0 fully saturated rings. The molecule has 0 aliphatic carbocycles. The third kappa shape index (κ3) is 2.16. The Balaban J connectivity index is 1.74. The van der Waals surface area contributed by atoms with E-state index < -0.39 is 0 Å². The molecule has 0 atom stereocenters. The number of para-hydroxylation sites is 2. The molecule has 0 amide bonds. The fourth-order valence-electron chi connectivity index (χ4n) is 2.59. The standard InChI is InChI=1S/C15H14N6O2S/c1-19-9(7-12(22)20(2)15(19)23)8-24-14-18-17-13-16-10-5-3-4-6-11(10)21(13)14/h3-7H,8H2,1-2H3,(H,16,17). The number of H-pyrrole nitrogens is 1. The van der Waals surface area contributed by atoms with Gasteiger partial charge in [-0.05, 0) is 12.1 Å². The lowest BCUT2D eigenvalue weighted by Crippen LogP contribution is -2.37. The summed E-state index contributed by atoms with van der Waals surface area (Å²) in [6.07, 6.45) is 0. The summed E-state index contributed by atoms with van der Waals surface area (Å²) >= 11 is 1.44. The molecule has 0 saturated carbocycles. The van der Waals surface area contributed by atoms with Gasteiger partial charge in [-0.15, -0.1) is 5.10 Å². The number of benzene rings is 1. The Morgan fingerprint density at radius 1 is 1.17 bits per heavy atom. The van der Waals surface area contributed by atoms with E-state index in [1.54, 1.807) is 7.05 Å². The molecule has 9 heteroatoms. The lowest BCUT2D eigenvalue weighted by molar-refractivity contribution is 0.665. The zero-order valence-corrected chi connectivity index (χ0v) is 13.9. The van der Waals surface area contributed by atoms with Crippen LogP contribution in [0.1, 0.15) is 5.69 Å². The summed E-state index contributed by atoms with van der Waals surface area (Å²) in [6.45, 7) is 0. The van der Waals surface area contributed by atoms with Gasteiger partial charge in [-0.25, -0.2) is 14.9 Å². The predicted octanol–water partition coefficient (Wildman–Crippen LogP) is 0.900. The smallest absolute Gasteiger partial charge is 0.300 e. The van der Waals surface area contributed by atoms with Crippen LogP contribution in [0, 0.1) is 0 Å². The number of nitrogens with one attached hydrogen (secondary N) is 1. The molecule has 4 aromatic rings. The van der Waals surface area contributed by atoms with E-state index in [1.807, 2.05) is 28.7 Å². The number of aromatic nitrogens is 6. The van der Waals surface area contributed by atoms with Gasteiger partial charge in [-0.3, -0.25) is 18.3 Å². The van der Waals surface area contributed by atoms with Gasteiger partial charge >= 0.3 is 5.69 Å². The van der Waals surface area contributed by atoms with Crippen molar-refractivity contribution < 1.29 is 0 Å². The molecule has 1 aromatic carbocycles. The van der Waals surface area contributed by atoms with Crippen molar-refractivity contribution in [3.05, 3.63) is 56.9 Å². The molecule has 0 saturated heterocycles. The first-order valence-corrected chi connectivity index (χ1v) is 8.25. The minimum atomic E-state index is -0.335. The fourth-order valence-corrected chi connectivity index (χ4v) is 3.57. The number of hydrogen-bond donors (Lipinski definition) is 1. The van der Waals surface area contributed by atoms with Crippen LogP contribution in [0.3, 0.4) is 0 Å². The van der Waals surface area contributed by atoms with Crippen LogP contribution in [-0.4, -0.2) is 28.7 Å². The molecular formula is C15H14N6O2S. The molecule has 3 aromatic heterocycles. The zero-order valence-electron chi connectivity index (χ0n) is 13.1. The summed E-state index contributed by atoms with van der Waals surface area (Å²) in [4.78, 5) is 28.3. The number of fused-ring (bicyclic) bond motifs is 3. The van der Waals surface area contributed by atoms with E-state index in [-0.39, 0.29) is 11.2 Å². The second-order valence-electron chi connectivity index (χ2n) is 5.43. The molecule has 0 aliphatic heterocycles. The van der Waals surface area contributed by atoms with Gasteiger partial charge in [0.15, 0.2) is 5.16 Å². The molecule has 3 heterocycles. The van der Waals surface area contributed by atoms with Gasteiger partial charge in [0, 0.05) is 31.6 Å². The Kier molecular flexibility index (Phi) is 3.31. The molecule has 0 spiro atoms. The summed E-state index contributed by atoms with van der Waals surface area (Å²) in [5.74, 6) is 1.12. The number of aromatic amines is 1. The van der Waals surface area contributed by atoms with E-state index in [0.29, 0.717) is 17.2 Å². The summed E-state index contributed by atoms with van der Waals surface area (Å²) in [6, 6.07) is 9.27. The normalized spacial score (nSPS) is 11.6. The van der Waals surface area contributed by atoms with E-state index in [4.69, 9.17) is 0 Å². The zero-order chi connectivity index (χ0) is 16.8. The van der Waals surface area contributed by atoms with Crippen molar-refractivity contribution in [2.45, 2.75) is 10.9 Å². The molecule has 0 unspecified atom stereocenters. The average Bonchev–Trinajstić information content (AvgIpc) is 3.14. The second-order valence-corrected chi connectivity index (χ2v) is 6.37. The van der Waals surface area contributed by atoms with Gasteiger partial charge in [0.05, 0.1) is 11.0 Å².